The van der Waals surface area contributed by atoms with Crippen molar-refractivity contribution in [2.75, 3.05) is 13.1 Å². The summed E-state index contributed by atoms with van der Waals surface area (Å²) in [5.41, 5.74) is 1.61. The predicted molar refractivity (Wildman–Crippen MR) is 83.6 cm³/mol. The van der Waals surface area contributed by atoms with Crippen LogP contribution in [0, 0.1) is 0 Å². The number of fused-ring (bicyclic) bond motifs is 1. The highest BCUT2D eigenvalue weighted by atomic mass is 16.1. The predicted octanol–water partition coefficient (Wildman–Crippen LogP) is 1.68. The molecule has 0 spiro atoms. The molecule has 2 aromatic heterocycles. The zero-order valence-electron chi connectivity index (χ0n) is 12.2. The molecule has 112 valence electrons. The van der Waals surface area contributed by atoms with Gasteiger partial charge in [0.2, 0.25) is 0 Å². The average Bonchev–Trinajstić information content (AvgIpc) is 3.18. The molecule has 1 aliphatic heterocycles. The maximum absolute atomic E-state index is 12.3. The number of hydrogen-bond donors (Lipinski definition) is 1. The van der Waals surface area contributed by atoms with Crippen LogP contribution in [-0.2, 0) is 6.54 Å². The molecule has 0 amide bonds. The van der Waals surface area contributed by atoms with Crippen LogP contribution in [-0.4, -0.2) is 37.6 Å². The summed E-state index contributed by atoms with van der Waals surface area (Å²) in [7, 11) is 0. The molecule has 6 nitrogen and oxygen atoms in total. The number of aromatic amines is 1. The highest BCUT2D eigenvalue weighted by Crippen LogP contribution is 2.15. The number of rotatable bonds is 3. The molecule has 1 N–H and O–H groups in total. The van der Waals surface area contributed by atoms with E-state index < -0.39 is 0 Å². The first-order valence-corrected chi connectivity index (χ1v) is 7.56. The highest BCUT2D eigenvalue weighted by molar-refractivity contribution is 5.56. The molecule has 1 aliphatic rings. The molecule has 1 saturated heterocycles. The molecule has 6 heteroatoms. The monoisotopic (exact) mass is 295 g/mol. The minimum atomic E-state index is -0.117. The van der Waals surface area contributed by atoms with E-state index in [2.05, 4.69) is 20.0 Å². The zero-order chi connectivity index (χ0) is 14.9. The first kappa shape index (κ1) is 13.2. The Bertz CT molecular complexity index is 846. The lowest BCUT2D eigenvalue weighted by atomic mass is 10.2. The van der Waals surface area contributed by atoms with Gasteiger partial charge in [0.15, 0.2) is 5.82 Å². The van der Waals surface area contributed by atoms with Crippen LogP contribution in [0.1, 0.15) is 18.5 Å². The zero-order valence-corrected chi connectivity index (χ0v) is 12.2. The van der Waals surface area contributed by atoms with Crippen molar-refractivity contribution in [3.05, 3.63) is 52.4 Å². The summed E-state index contributed by atoms with van der Waals surface area (Å²) in [6.07, 6.45) is 2.45. The molecule has 0 atom stereocenters. The van der Waals surface area contributed by atoms with Crippen LogP contribution >= 0.6 is 0 Å². The molecular weight excluding hydrogens is 278 g/mol. The lowest BCUT2D eigenvalue weighted by Gasteiger charge is -2.12. The van der Waals surface area contributed by atoms with Crippen molar-refractivity contribution in [3.63, 3.8) is 0 Å². The third-order valence-electron chi connectivity index (χ3n) is 4.02. The number of nitrogens with zero attached hydrogens (tertiary/aromatic N) is 4. The Labute approximate surface area is 127 Å². The van der Waals surface area contributed by atoms with E-state index in [-0.39, 0.29) is 5.56 Å². The second kappa shape index (κ2) is 5.38. The van der Waals surface area contributed by atoms with Crippen molar-refractivity contribution >= 4 is 5.78 Å². The topological polar surface area (TPSA) is 66.3 Å². The molecule has 0 unspecified atom stereocenters. The summed E-state index contributed by atoms with van der Waals surface area (Å²) < 4.78 is 1.40. The molecule has 0 saturated carbocycles. The Morgan fingerprint density at radius 3 is 2.64 bits per heavy atom. The normalized spacial score (nSPS) is 15.6. The second-order valence-corrected chi connectivity index (χ2v) is 5.64. The maximum atomic E-state index is 12.3. The Hall–Kier alpha value is -2.47. The molecule has 1 aromatic carbocycles. The third-order valence-corrected chi connectivity index (χ3v) is 4.02. The first-order valence-electron chi connectivity index (χ1n) is 7.56. The van der Waals surface area contributed by atoms with Crippen LogP contribution in [0.4, 0.5) is 0 Å². The van der Waals surface area contributed by atoms with Gasteiger partial charge in [-0.3, -0.25) is 14.8 Å². The van der Waals surface area contributed by atoms with E-state index in [1.54, 1.807) is 6.07 Å². The standard InChI is InChI=1S/C16H17N5O/c22-14-10-13(11-20-8-4-5-9-20)17-16-18-15(19-21(14)16)12-6-2-1-3-7-12/h1-3,6-7,10H,4-5,8-9,11H2,(H,17,18,19). The number of benzene rings is 1. The Morgan fingerprint density at radius 1 is 1.09 bits per heavy atom. The van der Waals surface area contributed by atoms with Crippen molar-refractivity contribution < 1.29 is 0 Å². The molecule has 0 aliphatic carbocycles. The van der Waals surface area contributed by atoms with Crippen LogP contribution in [0.3, 0.4) is 0 Å². The van der Waals surface area contributed by atoms with Gasteiger partial charge in [-0.15, -0.1) is 0 Å². The van der Waals surface area contributed by atoms with Gasteiger partial charge in [0.25, 0.3) is 11.3 Å². The van der Waals surface area contributed by atoms with E-state index in [1.165, 1.54) is 17.4 Å². The SMILES string of the molecule is O=c1cc(CN2CCCC2)nc2nc(-c3ccccc3)[nH]n12. The average molecular weight is 295 g/mol. The van der Waals surface area contributed by atoms with Gasteiger partial charge in [-0.25, -0.2) is 4.98 Å². The lowest BCUT2D eigenvalue weighted by molar-refractivity contribution is 0.327. The largest absolute Gasteiger partial charge is 0.298 e. The van der Waals surface area contributed by atoms with Crippen molar-refractivity contribution in [3.8, 4) is 11.4 Å². The van der Waals surface area contributed by atoms with Crippen molar-refractivity contribution in [1.29, 1.82) is 0 Å². The van der Waals surface area contributed by atoms with Gasteiger partial charge in [-0.1, -0.05) is 30.3 Å². The summed E-state index contributed by atoms with van der Waals surface area (Å²) in [6, 6.07) is 11.3. The second-order valence-electron chi connectivity index (χ2n) is 5.64. The van der Waals surface area contributed by atoms with E-state index in [9.17, 15) is 4.79 Å². The van der Waals surface area contributed by atoms with E-state index in [1.807, 2.05) is 30.3 Å². The van der Waals surface area contributed by atoms with Gasteiger partial charge in [-0.2, -0.15) is 9.50 Å². The van der Waals surface area contributed by atoms with E-state index in [0.29, 0.717) is 11.6 Å². The van der Waals surface area contributed by atoms with Crippen molar-refractivity contribution in [2.24, 2.45) is 0 Å². The Morgan fingerprint density at radius 2 is 1.86 bits per heavy atom. The summed E-state index contributed by atoms with van der Waals surface area (Å²) in [5.74, 6) is 1.09. The quantitative estimate of drug-likeness (QED) is 0.798. The summed E-state index contributed by atoms with van der Waals surface area (Å²) in [5, 5.41) is 3.02. The molecule has 0 bridgehead atoms. The van der Waals surface area contributed by atoms with Crippen LogP contribution in [0.2, 0.25) is 0 Å². The maximum Gasteiger partial charge on any atom is 0.274 e. The van der Waals surface area contributed by atoms with Gasteiger partial charge in [0.1, 0.15) is 0 Å². The number of nitrogens with one attached hydrogen (secondary N) is 1. The van der Waals surface area contributed by atoms with Gasteiger partial charge in [0.05, 0.1) is 5.69 Å². The molecule has 0 radical (unpaired) electrons. The van der Waals surface area contributed by atoms with E-state index in [4.69, 9.17) is 0 Å². The van der Waals surface area contributed by atoms with Crippen LogP contribution in [0.25, 0.3) is 17.2 Å². The van der Waals surface area contributed by atoms with E-state index in [0.717, 1.165) is 30.9 Å². The summed E-state index contributed by atoms with van der Waals surface area (Å²) in [6.45, 7) is 2.88. The molecule has 1 fully saturated rings. The van der Waals surface area contributed by atoms with Gasteiger partial charge >= 0.3 is 0 Å². The minimum absolute atomic E-state index is 0.117. The summed E-state index contributed by atoms with van der Waals surface area (Å²) in [4.78, 5) is 23.6. The van der Waals surface area contributed by atoms with Crippen molar-refractivity contribution in [1.82, 2.24) is 24.5 Å². The fraction of sp³-hybridized carbons (Fsp3) is 0.312. The number of H-pyrrole nitrogens is 1. The smallest absolute Gasteiger partial charge is 0.274 e. The van der Waals surface area contributed by atoms with Gasteiger partial charge < -0.3 is 0 Å². The number of aromatic nitrogens is 4. The summed E-state index contributed by atoms with van der Waals surface area (Å²) >= 11 is 0. The van der Waals surface area contributed by atoms with Crippen molar-refractivity contribution in [2.45, 2.75) is 19.4 Å². The fourth-order valence-electron chi connectivity index (χ4n) is 2.90. The molecule has 3 heterocycles. The highest BCUT2D eigenvalue weighted by Gasteiger charge is 2.15. The molecular formula is C16H17N5O. The lowest BCUT2D eigenvalue weighted by Crippen LogP contribution is -2.22. The van der Waals surface area contributed by atoms with E-state index >= 15 is 0 Å². The fourth-order valence-corrected chi connectivity index (χ4v) is 2.90. The first-order chi connectivity index (χ1) is 10.8. The molecule has 3 aromatic rings. The number of likely N-dealkylation sites (tertiary alicyclic amines) is 1. The Balaban J connectivity index is 1.73. The molecule has 22 heavy (non-hydrogen) atoms. The van der Waals surface area contributed by atoms with Crippen LogP contribution in [0.5, 0.6) is 0 Å². The van der Waals surface area contributed by atoms with Crippen LogP contribution < -0.4 is 5.56 Å². The van der Waals surface area contributed by atoms with Gasteiger partial charge in [-0.05, 0) is 25.9 Å². The van der Waals surface area contributed by atoms with Gasteiger partial charge in [0, 0.05) is 18.2 Å². The van der Waals surface area contributed by atoms with Crippen LogP contribution in [0.15, 0.2) is 41.2 Å². The number of hydrogen-bond acceptors (Lipinski definition) is 4. The Kier molecular flexibility index (Phi) is 3.23. The molecule has 4 rings (SSSR count). The minimum Gasteiger partial charge on any atom is -0.298 e. The third kappa shape index (κ3) is 2.42.